The molecule has 0 amide bonds. The number of rotatable bonds is 3. The summed E-state index contributed by atoms with van der Waals surface area (Å²) in [6.07, 6.45) is 1.75. The molecule has 0 aliphatic heterocycles. The molecule has 0 radical (unpaired) electrons. The second-order valence-electron chi connectivity index (χ2n) is 2.83. The summed E-state index contributed by atoms with van der Waals surface area (Å²) in [5, 5.41) is 7.27. The minimum Gasteiger partial charge on any atom is -0.368 e. The summed E-state index contributed by atoms with van der Waals surface area (Å²) in [4.78, 5) is 0. The van der Waals surface area contributed by atoms with E-state index < -0.39 is 0 Å². The fraction of sp³-hybridized carbons (Fsp3) is 0.375. The van der Waals surface area contributed by atoms with Gasteiger partial charge in [-0.2, -0.15) is 13.8 Å². The minimum absolute atomic E-state index is 0.834. The maximum absolute atomic E-state index is 4.25. The molecule has 0 saturated heterocycles. The monoisotopic (exact) mass is 209 g/mol. The van der Waals surface area contributed by atoms with E-state index in [9.17, 15) is 0 Å². The zero-order chi connectivity index (χ0) is 9.97. The molecule has 0 aliphatic rings. The van der Waals surface area contributed by atoms with Crippen LogP contribution in [0.1, 0.15) is 6.92 Å². The highest BCUT2D eigenvalue weighted by atomic mass is 32.1. The van der Waals surface area contributed by atoms with Crippen molar-refractivity contribution < 1.29 is 0 Å². The van der Waals surface area contributed by atoms with Crippen molar-refractivity contribution in [1.29, 1.82) is 0 Å². The Labute approximate surface area is 86.1 Å². The van der Waals surface area contributed by atoms with Gasteiger partial charge < -0.3 is 5.32 Å². The first kappa shape index (κ1) is 9.14. The fourth-order valence-electron chi connectivity index (χ4n) is 1.25. The molecule has 5 nitrogen and oxygen atoms in total. The third kappa shape index (κ3) is 1.48. The normalized spacial score (nSPS) is 10.4. The fourth-order valence-corrected chi connectivity index (χ4v) is 1.78. The van der Waals surface area contributed by atoms with Gasteiger partial charge in [0.2, 0.25) is 0 Å². The maximum atomic E-state index is 4.25. The molecule has 74 valence electrons. The predicted octanol–water partition coefficient (Wildman–Crippen LogP) is 1.37. The highest BCUT2D eigenvalue weighted by molar-refractivity contribution is 6.99. The largest absolute Gasteiger partial charge is 0.368 e. The number of aryl methyl sites for hydroxylation is 1. The van der Waals surface area contributed by atoms with Crippen LogP contribution in [0.15, 0.2) is 12.3 Å². The molecule has 0 spiro atoms. The number of anilines is 1. The lowest BCUT2D eigenvalue weighted by atomic mass is 10.3. The third-order valence-electron chi connectivity index (χ3n) is 1.90. The van der Waals surface area contributed by atoms with Crippen molar-refractivity contribution >= 4 is 17.5 Å². The van der Waals surface area contributed by atoms with Gasteiger partial charge in [-0.3, -0.25) is 4.68 Å². The van der Waals surface area contributed by atoms with Crippen molar-refractivity contribution in [1.82, 2.24) is 18.5 Å². The molecule has 0 saturated carbocycles. The number of aromatic nitrogens is 4. The average Bonchev–Trinajstić information content (AvgIpc) is 2.74. The molecule has 2 aromatic rings. The zero-order valence-electron chi connectivity index (χ0n) is 8.06. The first-order chi connectivity index (χ1) is 6.83. The summed E-state index contributed by atoms with van der Waals surface area (Å²) < 4.78 is 10.2. The lowest BCUT2D eigenvalue weighted by molar-refractivity contribution is 0.774. The van der Waals surface area contributed by atoms with Gasteiger partial charge in [-0.05, 0) is 13.0 Å². The first-order valence-electron chi connectivity index (χ1n) is 4.37. The van der Waals surface area contributed by atoms with Gasteiger partial charge >= 0.3 is 0 Å². The molecule has 0 fully saturated rings. The van der Waals surface area contributed by atoms with Crippen LogP contribution in [0.2, 0.25) is 0 Å². The molecule has 2 rings (SSSR count). The first-order valence-corrected chi connectivity index (χ1v) is 5.10. The van der Waals surface area contributed by atoms with Gasteiger partial charge in [0.25, 0.3) is 0 Å². The van der Waals surface area contributed by atoms with Gasteiger partial charge in [0.15, 0.2) is 5.82 Å². The van der Waals surface area contributed by atoms with E-state index in [-0.39, 0.29) is 0 Å². The van der Waals surface area contributed by atoms with Gasteiger partial charge in [-0.25, -0.2) is 0 Å². The molecule has 2 heterocycles. The second kappa shape index (κ2) is 3.75. The molecular formula is C8H11N5S. The molecule has 0 bridgehead atoms. The Bertz CT molecular complexity index is 419. The third-order valence-corrected chi connectivity index (χ3v) is 2.42. The Balaban J connectivity index is 2.41. The number of hydrogen-bond acceptors (Lipinski definition) is 5. The summed E-state index contributed by atoms with van der Waals surface area (Å²) in [6.45, 7) is 2.88. The van der Waals surface area contributed by atoms with Crippen LogP contribution in [0, 0.1) is 0 Å². The molecule has 0 unspecified atom stereocenters. The standard InChI is InChI=1S/C8H11N5S/c1-3-9-8-7(11-14-12-8)6-4-5-10-13(6)2/h4-5H,3H2,1-2H3,(H,9,12). The topological polar surface area (TPSA) is 55.6 Å². The van der Waals surface area contributed by atoms with E-state index in [4.69, 9.17) is 0 Å². The Morgan fingerprint density at radius 1 is 1.50 bits per heavy atom. The molecule has 2 aromatic heterocycles. The Kier molecular flexibility index (Phi) is 2.45. The summed E-state index contributed by atoms with van der Waals surface area (Å²) in [6, 6.07) is 1.93. The van der Waals surface area contributed by atoms with Crippen molar-refractivity contribution in [2.75, 3.05) is 11.9 Å². The predicted molar refractivity (Wildman–Crippen MR) is 56.3 cm³/mol. The van der Waals surface area contributed by atoms with Crippen molar-refractivity contribution in [2.45, 2.75) is 6.92 Å². The second-order valence-corrected chi connectivity index (χ2v) is 3.36. The van der Waals surface area contributed by atoms with Crippen LogP contribution in [0.25, 0.3) is 11.4 Å². The highest BCUT2D eigenvalue weighted by Crippen LogP contribution is 2.24. The molecule has 0 aliphatic carbocycles. The van der Waals surface area contributed by atoms with Gasteiger partial charge in [0.1, 0.15) is 5.69 Å². The van der Waals surface area contributed by atoms with Gasteiger partial charge in [0, 0.05) is 19.8 Å². The zero-order valence-corrected chi connectivity index (χ0v) is 8.88. The lowest BCUT2D eigenvalue weighted by Gasteiger charge is -2.01. The van der Waals surface area contributed by atoms with E-state index in [0.717, 1.165) is 23.8 Å². The van der Waals surface area contributed by atoms with Crippen molar-refractivity contribution in [2.24, 2.45) is 7.05 Å². The van der Waals surface area contributed by atoms with Crippen LogP contribution in [0.4, 0.5) is 5.82 Å². The van der Waals surface area contributed by atoms with E-state index in [1.165, 1.54) is 11.7 Å². The molecule has 0 aromatic carbocycles. The molecule has 0 atom stereocenters. The van der Waals surface area contributed by atoms with Crippen LogP contribution < -0.4 is 5.32 Å². The van der Waals surface area contributed by atoms with Crippen molar-refractivity contribution in [3.05, 3.63) is 12.3 Å². The summed E-state index contributed by atoms with van der Waals surface area (Å²) in [5.74, 6) is 0.834. The van der Waals surface area contributed by atoms with Crippen LogP contribution in [-0.2, 0) is 7.05 Å². The molecule has 6 heteroatoms. The van der Waals surface area contributed by atoms with E-state index in [2.05, 4.69) is 19.2 Å². The van der Waals surface area contributed by atoms with Gasteiger partial charge in [-0.15, -0.1) is 0 Å². The molecular weight excluding hydrogens is 198 g/mol. The van der Waals surface area contributed by atoms with Crippen LogP contribution in [-0.4, -0.2) is 25.1 Å². The maximum Gasteiger partial charge on any atom is 0.169 e. The van der Waals surface area contributed by atoms with E-state index >= 15 is 0 Å². The number of nitrogens with one attached hydrogen (secondary N) is 1. The summed E-state index contributed by atoms with van der Waals surface area (Å²) in [7, 11) is 1.89. The average molecular weight is 209 g/mol. The smallest absolute Gasteiger partial charge is 0.169 e. The van der Waals surface area contributed by atoms with Crippen molar-refractivity contribution in [3.63, 3.8) is 0 Å². The van der Waals surface area contributed by atoms with Crippen LogP contribution >= 0.6 is 11.7 Å². The Morgan fingerprint density at radius 3 is 3.00 bits per heavy atom. The Hall–Kier alpha value is -1.43. The van der Waals surface area contributed by atoms with E-state index in [1.807, 2.05) is 20.0 Å². The Morgan fingerprint density at radius 2 is 2.36 bits per heavy atom. The molecule has 14 heavy (non-hydrogen) atoms. The van der Waals surface area contributed by atoms with Gasteiger partial charge in [-0.1, -0.05) is 0 Å². The van der Waals surface area contributed by atoms with Crippen LogP contribution in [0.3, 0.4) is 0 Å². The molecule has 1 N–H and O–H groups in total. The summed E-state index contributed by atoms with van der Waals surface area (Å²) >= 11 is 1.21. The van der Waals surface area contributed by atoms with E-state index in [0.29, 0.717) is 0 Å². The lowest BCUT2D eigenvalue weighted by Crippen LogP contribution is -2.00. The number of nitrogens with zero attached hydrogens (tertiary/aromatic N) is 4. The van der Waals surface area contributed by atoms with E-state index in [1.54, 1.807) is 10.9 Å². The van der Waals surface area contributed by atoms with Gasteiger partial charge in [0.05, 0.1) is 17.4 Å². The van der Waals surface area contributed by atoms with Crippen molar-refractivity contribution in [3.8, 4) is 11.4 Å². The summed E-state index contributed by atoms with van der Waals surface area (Å²) in [5.41, 5.74) is 1.85. The quantitative estimate of drug-likeness (QED) is 0.829. The number of hydrogen-bond donors (Lipinski definition) is 1. The SMILES string of the molecule is CCNc1nsnc1-c1ccnn1C. The minimum atomic E-state index is 0.834. The van der Waals surface area contributed by atoms with Crippen LogP contribution in [0.5, 0.6) is 0 Å². The highest BCUT2D eigenvalue weighted by Gasteiger charge is 2.12.